The predicted octanol–water partition coefficient (Wildman–Crippen LogP) is 0.707. The van der Waals surface area contributed by atoms with Crippen molar-refractivity contribution in [2.24, 2.45) is 0 Å². The molecule has 2 saturated heterocycles. The van der Waals surface area contributed by atoms with Gasteiger partial charge in [0.1, 0.15) is 18.2 Å². The first-order valence-electron chi connectivity index (χ1n) is 5.80. The lowest BCUT2D eigenvalue weighted by molar-refractivity contribution is -0.942. The van der Waals surface area contributed by atoms with E-state index in [-0.39, 0.29) is 0 Å². The molecule has 4 heteroatoms. The Labute approximate surface area is 106 Å². The predicted molar refractivity (Wildman–Crippen MR) is 70.3 cm³/mol. The molecule has 2 unspecified atom stereocenters. The molecule has 0 radical (unpaired) electrons. The van der Waals surface area contributed by atoms with Gasteiger partial charge in [-0.25, -0.2) is 0 Å². The summed E-state index contributed by atoms with van der Waals surface area (Å²) in [5, 5.41) is 10.2. The summed E-state index contributed by atoms with van der Waals surface area (Å²) in [6.45, 7) is 7.79. The van der Waals surface area contributed by atoms with Gasteiger partial charge in [-0.1, -0.05) is 22.6 Å². The highest BCUT2D eigenvalue weighted by Crippen LogP contribution is 2.36. The first-order valence-corrected chi connectivity index (χ1v) is 7.33. The molecule has 15 heavy (non-hydrogen) atoms. The molecule has 0 aromatic carbocycles. The minimum absolute atomic E-state index is 0.425. The molecule has 3 nitrogen and oxygen atoms in total. The molecule has 2 heterocycles. The molecule has 0 aromatic heterocycles. The number of likely N-dealkylation sites (N-methyl/N-ethyl adjacent to an activating group) is 1. The highest BCUT2D eigenvalue weighted by molar-refractivity contribution is 14.1. The summed E-state index contributed by atoms with van der Waals surface area (Å²) >= 11 is 2.48. The topological polar surface area (TPSA) is 23.5 Å². The smallest absolute Gasteiger partial charge is 0.116 e. The number of quaternary nitrogens is 1. The van der Waals surface area contributed by atoms with Gasteiger partial charge in [-0.3, -0.25) is 4.90 Å². The Balaban J connectivity index is 2.12. The largest absolute Gasteiger partial charge is 0.384 e. The maximum atomic E-state index is 10.2. The average Bonchev–Trinajstić information content (AvgIpc) is 2.43. The van der Waals surface area contributed by atoms with Crippen LogP contribution >= 0.6 is 22.6 Å². The van der Waals surface area contributed by atoms with E-state index in [1.807, 2.05) is 6.92 Å². The molecule has 2 atom stereocenters. The zero-order valence-corrected chi connectivity index (χ0v) is 11.9. The molecule has 2 aliphatic heterocycles. The normalized spacial score (nSPS) is 41.2. The Morgan fingerprint density at radius 1 is 1.47 bits per heavy atom. The molecule has 0 aromatic rings. The van der Waals surface area contributed by atoms with Crippen LogP contribution in [0.2, 0.25) is 0 Å². The zero-order valence-electron chi connectivity index (χ0n) is 9.75. The fourth-order valence-electron chi connectivity index (χ4n) is 3.26. The van der Waals surface area contributed by atoms with Crippen molar-refractivity contribution >= 4 is 22.6 Å². The van der Waals surface area contributed by atoms with Gasteiger partial charge in [0, 0.05) is 19.5 Å². The van der Waals surface area contributed by atoms with Crippen LogP contribution in [0, 0.1) is 0 Å². The van der Waals surface area contributed by atoms with E-state index < -0.39 is 5.60 Å². The molecular formula is C11H22IN2O+. The third-order valence-corrected chi connectivity index (χ3v) is 5.15. The summed E-state index contributed by atoms with van der Waals surface area (Å²) in [4.78, 5) is 2.40. The van der Waals surface area contributed by atoms with Crippen LogP contribution in [0.5, 0.6) is 0 Å². The van der Waals surface area contributed by atoms with Crippen molar-refractivity contribution in [3.63, 3.8) is 0 Å². The fourth-order valence-corrected chi connectivity index (χ4v) is 4.41. The summed E-state index contributed by atoms with van der Waals surface area (Å²) in [6, 6.07) is 0.675. The van der Waals surface area contributed by atoms with Gasteiger partial charge in [-0.15, -0.1) is 0 Å². The minimum atomic E-state index is -0.425. The van der Waals surface area contributed by atoms with Crippen molar-refractivity contribution in [2.75, 3.05) is 44.2 Å². The summed E-state index contributed by atoms with van der Waals surface area (Å²) < 4.78 is 2.35. The molecule has 1 spiro atoms. The van der Waals surface area contributed by atoms with Gasteiger partial charge in [0.15, 0.2) is 0 Å². The van der Waals surface area contributed by atoms with E-state index in [1.165, 1.54) is 35.1 Å². The first-order chi connectivity index (χ1) is 6.97. The maximum Gasteiger partial charge on any atom is 0.116 e. The van der Waals surface area contributed by atoms with Gasteiger partial charge in [-0.05, 0) is 14.0 Å². The number of rotatable bonds is 1. The number of hydrogen-bond donors (Lipinski definition) is 1. The average molecular weight is 325 g/mol. The number of nitrogens with zero attached hydrogens (tertiary/aromatic N) is 2. The highest BCUT2D eigenvalue weighted by atomic mass is 127. The molecule has 88 valence electrons. The summed E-state index contributed by atoms with van der Waals surface area (Å²) in [6.07, 6.45) is 0.986. The Bertz CT molecular complexity index is 237. The van der Waals surface area contributed by atoms with E-state index in [0.717, 1.165) is 13.0 Å². The lowest BCUT2D eigenvalue weighted by atomic mass is 10.0. The zero-order chi connectivity index (χ0) is 11.1. The van der Waals surface area contributed by atoms with Gasteiger partial charge in [0.05, 0.1) is 17.5 Å². The quantitative estimate of drug-likeness (QED) is 0.436. The van der Waals surface area contributed by atoms with Gasteiger partial charge in [0.2, 0.25) is 0 Å². The third-order valence-electron chi connectivity index (χ3n) is 4.14. The van der Waals surface area contributed by atoms with Crippen LogP contribution in [0.15, 0.2) is 0 Å². The van der Waals surface area contributed by atoms with Crippen LogP contribution in [-0.4, -0.2) is 70.3 Å². The van der Waals surface area contributed by atoms with Crippen molar-refractivity contribution in [3.05, 3.63) is 0 Å². The Morgan fingerprint density at radius 2 is 2.07 bits per heavy atom. The van der Waals surface area contributed by atoms with E-state index in [4.69, 9.17) is 0 Å². The Morgan fingerprint density at radius 3 is 2.60 bits per heavy atom. The summed E-state index contributed by atoms with van der Waals surface area (Å²) in [5.41, 5.74) is -0.425. The molecule has 1 N–H and O–H groups in total. The second-order valence-corrected chi connectivity index (χ2v) is 6.52. The van der Waals surface area contributed by atoms with Crippen LogP contribution < -0.4 is 0 Å². The van der Waals surface area contributed by atoms with Crippen molar-refractivity contribution in [1.29, 1.82) is 0 Å². The van der Waals surface area contributed by atoms with E-state index in [1.54, 1.807) is 0 Å². The molecule has 0 saturated carbocycles. The van der Waals surface area contributed by atoms with Crippen molar-refractivity contribution in [3.8, 4) is 0 Å². The molecule has 2 aliphatic rings. The van der Waals surface area contributed by atoms with Crippen LogP contribution in [0.3, 0.4) is 0 Å². The number of piperazine rings is 1. The fraction of sp³-hybridized carbons (Fsp3) is 1.00. The van der Waals surface area contributed by atoms with Gasteiger partial charge < -0.3 is 9.59 Å². The molecule has 0 bridgehead atoms. The van der Waals surface area contributed by atoms with Crippen molar-refractivity contribution in [1.82, 2.24) is 4.90 Å². The number of halogens is 1. The number of alkyl halides is 1. The second-order valence-electron chi connectivity index (χ2n) is 5.64. The van der Waals surface area contributed by atoms with Crippen molar-refractivity contribution in [2.45, 2.75) is 25.0 Å². The molecule has 0 aliphatic carbocycles. The first kappa shape index (κ1) is 12.1. The van der Waals surface area contributed by atoms with Gasteiger partial charge in [-0.2, -0.15) is 0 Å². The van der Waals surface area contributed by atoms with E-state index in [0.29, 0.717) is 6.04 Å². The van der Waals surface area contributed by atoms with Crippen LogP contribution in [0.1, 0.15) is 13.3 Å². The molecule has 2 rings (SSSR count). The molecular weight excluding hydrogens is 303 g/mol. The monoisotopic (exact) mass is 325 g/mol. The second kappa shape index (κ2) is 4.13. The van der Waals surface area contributed by atoms with Gasteiger partial charge >= 0.3 is 0 Å². The van der Waals surface area contributed by atoms with E-state index in [2.05, 4.69) is 34.5 Å². The Hall–Kier alpha value is 0.610. The SMILES string of the molecule is CN1CC[N+]2(CC1)CC(C)(O)CC2CI. The van der Waals surface area contributed by atoms with Crippen LogP contribution in [0.4, 0.5) is 0 Å². The number of hydrogen-bond acceptors (Lipinski definition) is 2. The number of aliphatic hydroxyl groups is 1. The minimum Gasteiger partial charge on any atom is -0.384 e. The van der Waals surface area contributed by atoms with E-state index >= 15 is 0 Å². The lowest BCUT2D eigenvalue weighted by Crippen LogP contribution is -2.62. The third kappa shape index (κ3) is 2.33. The Kier molecular flexibility index (Phi) is 3.32. The summed E-state index contributed by atoms with van der Waals surface area (Å²) in [5.74, 6) is 0. The summed E-state index contributed by atoms with van der Waals surface area (Å²) in [7, 11) is 2.20. The van der Waals surface area contributed by atoms with Crippen molar-refractivity contribution < 1.29 is 9.59 Å². The standard InChI is InChI=1S/C11H22IN2O/c1-11(15)7-10(8-12)14(9-11)5-3-13(2)4-6-14/h10,15H,3-9H2,1-2H3/q+1. The molecule has 0 amide bonds. The van der Waals surface area contributed by atoms with Crippen LogP contribution in [0.25, 0.3) is 0 Å². The lowest BCUT2D eigenvalue weighted by Gasteiger charge is -2.45. The van der Waals surface area contributed by atoms with Crippen LogP contribution in [-0.2, 0) is 0 Å². The highest BCUT2D eigenvalue weighted by Gasteiger charge is 2.52. The maximum absolute atomic E-state index is 10.2. The van der Waals surface area contributed by atoms with Gasteiger partial charge in [0.25, 0.3) is 0 Å². The molecule has 2 fully saturated rings. The van der Waals surface area contributed by atoms with E-state index in [9.17, 15) is 5.11 Å².